The van der Waals surface area contributed by atoms with Gasteiger partial charge in [-0.05, 0) is 62.9 Å². The lowest BCUT2D eigenvalue weighted by atomic mass is 10.0. The molecule has 1 saturated heterocycles. The van der Waals surface area contributed by atoms with Gasteiger partial charge in [-0.25, -0.2) is 9.50 Å². The van der Waals surface area contributed by atoms with Crippen molar-refractivity contribution in [2.75, 3.05) is 20.8 Å². The Hall–Kier alpha value is -3.61. The molecule has 1 aliphatic heterocycles. The molecule has 0 radical (unpaired) electrons. The molecule has 2 aromatic heterocycles. The Morgan fingerprint density at radius 3 is 2.74 bits per heavy atom. The number of carbonyl (C=O) groups excluding carboxylic acids is 1. The number of hydrogen-bond acceptors (Lipinski definition) is 5. The molecular weight excluding hydrogens is 428 g/mol. The van der Waals surface area contributed by atoms with Crippen LogP contribution in [0, 0.1) is 13.8 Å². The van der Waals surface area contributed by atoms with Crippen molar-refractivity contribution in [1.29, 1.82) is 0 Å². The van der Waals surface area contributed by atoms with E-state index in [2.05, 4.69) is 6.92 Å². The van der Waals surface area contributed by atoms with Gasteiger partial charge in [-0.2, -0.15) is 5.10 Å². The first-order valence-corrected chi connectivity index (χ1v) is 11.8. The maximum atomic E-state index is 13.4. The zero-order valence-corrected chi connectivity index (χ0v) is 20.2. The molecule has 0 spiro atoms. The number of likely N-dealkylation sites (tertiary alicyclic amines) is 1. The summed E-state index contributed by atoms with van der Waals surface area (Å²) in [6.07, 6.45) is 2.99. The second kappa shape index (κ2) is 8.97. The third-order valence-electron chi connectivity index (χ3n) is 6.98. The standard InChI is InChI=1S/C27H30N4O3/c1-17-20(18(2)31-27(28-17)21-8-5-6-9-23(21)29-31)13-14-26(32)30-15-7-10-24(30)22-12-11-19(33-3)16-25(22)34-4/h5-6,8-9,11-12,16,24H,7,10,13-15H2,1-4H3. The predicted molar refractivity (Wildman–Crippen MR) is 132 cm³/mol. The monoisotopic (exact) mass is 458 g/mol. The fourth-order valence-corrected chi connectivity index (χ4v) is 5.20. The highest BCUT2D eigenvalue weighted by atomic mass is 16.5. The summed E-state index contributed by atoms with van der Waals surface area (Å²) in [7, 11) is 3.30. The number of fused-ring (bicyclic) bond motifs is 3. The largest absolute Gasteiger partial charge is 0.497 e. The molecular formula is C27H30N4O3. The van der Waals surface area contributed by atoms with E-state index in [0.717, 1.165) is 70.0 Å². The van der Waals surface area contributed by atoms with E-state index >= 15 is 0 Å². The van der Waals surface area contributed by atoms with E-state index in [4.69, 9.17) is 19.6 Å². The fourth-order valence-electron chi connectivity index (χ4n) is 5.20. The van der Waals surface area contributed by atoms with Gasteiger partial charge in [-0.1, -0.05) is 12.1 Å². The smallest absolute Gasteiger partial charge is 0.223 e. The van der Waals surface area contributed by atoms with Gasteiger partial charge in [-0.15, -0.1) is 0 Å². The van der Waals surface area contributed by atoms with E-state index in [-0.39, 0.29) is 11.9 Å². The van der Waals surface area contributed by atoms with Gasteiger partial charge in [0.2, 0.25) is 5.91 Å². The Morgan fingerprint density at radius 2 is 1.94 bits per heavy atom. The number of aryl methyl sites for hydroxylation is 2. The molecule has 0 bridgehead atoms. The van der Waals surface area contributed by atoms with Crippen molar-refractivity contribution in [1.82, 2.24) is 19.5 Å². The molecule has 0 aliphatic carbocycles. The van der Waals surface area contributed by atoms with Crippen LogP contribution in [0.1, 0.15) is 47.8 Å². The van der Waals surface area contributed by atoms with Crippen LogP contribution in [0.5, 0.6) is 11.5 Å². The normalized spacial score (nSPS) is 15.9. The number of carbonyl (C=O) groups is 1. The zero-order chi connectivity index (χ0) is 23.8. The van der Waals surface area contributed by atoms with Gasteiger partial charge in [0.05, 0.1) is 25.8 Å². The number of rotatable bonds is 6. The van der Waals surface area contributed by atoms with E-state index in [1.54, 1.807) is 14.2 Å². The summed E-state index contributed by atoms with van der Waals surface area (Å²) < 4.78 is 12.9. The molecule has 1 atom stereocenters. The number of ether oxygens (including phenoxy) is 2. The van der Waals surface area contributed by atoms with Gasteiger partial charge < -0.3 is 14.4 Å². The third kappa shape index (κ3) is 3.75. The van der Waals surface area contributed by atoms with Crippen molar-refractivity contribution in [2.24, 2.45) is 0 Å². The van der Waals surface area contributed by atoms with Crippen LogP contribution in [0.2, 0.25) is 0 Å². The molecule has 3 heterocycles. The third-order valence-corrected chi connectivity index (χ3v) is 6.98. The zero-order valence-electron chi connectivity index (χ0n) is 20.2. The lowest BCUT2D eigenvalue weighted by Gasteiger charge is -2.27. The lowest BCUT2D eigenvalue weighted by Crippen LogP contribution is -2.31. The topological polar surface area (TPSA) is 69.0 Å². The van der Waals surface area contributed by atoms with Crippen molar-refractivity contribution in [3.8, 4) is 11.5 Å². The van der Waals surface area contributed by atoms with Crippen molar-refractivity contribution in [3.63, 3.8) is 0 Å². The maximum absolute atomic E-state index is 13.4. The molecule has 4 aromatic rings. The summed E-state index contributed by atoms with van der Waals surface area (Å²) >= 11 is 0. The Balaban J connectivity index is 1.38. The first-order valence-electron chi connectivity index (χ1n) is 11.8. The molecule has 0 N–H and O–H groups in total. The second-order valence-corrected chi connectivity index (χ2v) is 8.87. The van der Waals surface area contributed by atoms with Gasteiger partial charge >= 0.3 is 0 Å². The predicted octanol–water partition coefficient (Wildman–Crippen LogP) is 4.81. The van der Waals surface area contributed by atoms with Crippen LogP contribution in [-0.4, -0.2) is 46.2 Å². The molecule has 1 amide bonds. The van der Waals surface area contributed by atoms with E-state index in [0.29, 0.717) is 12.8 Å². The molecule has 176 valence electrons. The Bertz CT molecular complexity index is 1380. The molecule has 1 unspecified atom stereocenters. The SMILES string of the molecule is COc1ccc(C2CCCN2C(=O)CCc2c(C)nc3c4ccccc4nn3c2C)c(OC)c1. The molecule has 0 saturated carbocycles. The fraction of sp³-hybridized carbons (Fsp3) is 0.370. The van der Waals surface area contributed by atoms with E-state index in [1.807, 2.05) is 58.8 Å². The van der Waals surface area contributed by atoms with Gasteiger partial charge in [0.15, 0.2) is 5.65 Å². The molecule has 34 heavy (non-hydrogen) atoms. The molecule has 1 fully saturated rings. The van der Waals surface area contributed by atoms with Crippen LogP contribution >= 0.6 is 0 Å². The van der Waals surface area contributed by atoms with Gasteiger partial charge in [0.25, 0.3) is 0 Å². The highest BCUT2D eigenvalue weighted by Crippen LogP contribution is 2.39. The summed E-state index contributed by atoms with van der Waals surface area (Å²) in [5.41, 5.74) is 5.92. The van der Waals surface area contributed by atoms with Crippen molar-refractivity contribution in [3.05, 3.63) is 65.0 Å². The summed E-state index contributed by atoms with van der Waals surface area (Å²) in [6, 6.07) is 13.9. The number of aromatic nitrogens is 3. The summed E-state index contributed by atoms with van der Waals surface area (Å²) in [5.74, 6) is 1.66. The summed E-state index contributed by atoms with van der Waals surface area (Å²) in [4.78, 5) is 20.2. The van der Waals surface area contributed by atoms with Crippen molar-refractivity contribution < 1.29 is 14.3 Å². The van der Waals surface area contributed by atoms with E-state index in [1.165, 1.54) is 0 Å². The van der Waals surface area contributed by atoms with Crippen LogP contribution in [0.25, 0.3) is 16.6 Å². The number of nitrogens with zero attached hydrogens (tertiary/aromatic N) is 4. The van der Waals surface area contributed by atoms with Crippen LogP contribution in [0.15, 0.2) is 42.5 Å². The number of methoxy groups -OCH3 is 2. The Labute approximate surface area is 199 Å². The molecule has 7 nitrogen and oxygen atoms in total. The lowest BCUT2D eigenvalue weighted by molar-refractivity contribution is -0.132. The van der Waals surface area contributed by atoms with Crippen molar-refractivity contribution in [2.45, 2.75) is 45.6 Å². The Morgan fingerprint density at radius 1 is 1.12 bits per heavy atom. The quantitative estimate of drug-likeness (QED) is 0.415. The Kier molecular flexibility index (Phi) is 5.86. The first kappa shape index (κ1) is 22.2. The molecule has 1 aliphatic rings. The average molecular weight is 459 g/mol. The number of amides is 1. The molecule has 7 heteroatoms. The highest BCUT2D eigenvalue weighted by Gasteiger charge is 2.32. The van der Waals surface area contributed by atoms with Crippen LogP contribution in [-0.2, 0) is 11.2 Å². The van der Waals surface area contributed by atoms with Crippen molar-refractivity contribution >= 4 is 22.5 Å². The molecule has 5 rings (SSSR count). The maximum Gasteiger partial charge on any atom is 0.223 e. The molecule has 2 aromatic carbocycles. The minimum Gasteiger partial charge on any atom is -0.497 e. The number of hydrogen-bond donors (Lipinski definition) is 0. The van der Waals surface area contributed by atoms with E-state index in [9.17, 15) is 4.79 Å². The minimum absolute atomic E-state index is 0.0209. The van der Waals surface area contributed by atoms with Crippen LogP contribution < -0.4 is 9.47 Å². The van der Waals surface area contributed by atoms with Crippen LogP contribution in [0.3, 0.4) is 0 Å². The summed E-state index contributed by atoms with van der Waals surface area (Å²) in [6.45, 7) is 4.85. The van der Waals surface area contributed by atoms with Gasteiger partial charge in [0.1, 0.15) is 11.5 Å². The minimum atomic E-state index is 0.0209. The number of benzene rings is 2. The van der Waals surface area contributed by atoms with Crippen LogP contribution in [0.4, 0.5) is 0 Å². The highest BCUT2D eigenvalue weighted by molar-refractivity contribution is 5.92. The average Bonchev–Trinajstić information content (AvgIpc) is 3.49. The van der Waals surface area contributed by atoms with Gasteiger partial charge in [-0.3, -0.25) is 4.79 Å². The first-order chi connectivity index (χ1) is 16.5. The summed E-state index contributed by atoms with van der Waals surface area (Å²) in [5, 5.41) is 5.79. The second-order valence-electron chi connectivity index (χ2n) is 8.87. The van der Waals surface area contributed by atoms with Gasteiger partial charge in [0, 0.05) is 41.4 Å². The van der Waals surface area contributed by atoms with E-state index < -0.39 is 0 Å².